The fraction of sp³-hybridized carbons (Fsp3) is 0.600. The molecule has 5 nitrogen and oxygen atoms in total. The maximum absolute atomic E-state index is 12.9. The van der Waals surface area contributed by atoms with Gasteiger partial charge in [-0.05, 0) is 49.8 Å². The Kier molecular flexibility index (Phi) is 11.4. The van der Waals surface area contributed by atoms with Gasteiger partial charge in [0.1, 0.15) is 17.2 Å². The SMILES string of the molecule is CC1(c2ccccc2O)COc2cc(O)ccc2C1CCCC(O)CCCCCS(=O)CCCC(F)(F)C(F)(F)F. The lowest BCUT2D eigenvalue weighted by atomic mass is 9.66. The smallest absolute Gasteiger partial charge is 0.453 e. The molecule has 1 aliphatic rings. The Morgan fingerprint density at radius 2 is 1.66 bits per heavy atom. The minimum Gasteiger partial charge on any atom is -0.508 e. The fourth-order valence-electron chi connectivity index (χ4n) is 5.52. The van der Waals surface area contributed by atoms with Gasteiger partial charge in [-0.1, -0.05) is 50.5 Å². The first kappa shape index (κ1) is 33.1. The molecular formula is C30H39F5O5S. The summed E-state index contributed by atoms with van der Waals surface area (Å²) in [5.41, 5.74) is 1.18. The van der Waals surface area contributed by atoms with E-state index in [-0.39, 0.29) is 28.9 Å². The number of phenolic OH excluding ortho intramolecular Hbond substituents is 2. The number of aliphatic hydroxyl groups is 1. The largest absolute Gasteiger partial charge is 0.508 e. The Labute approximate surface area is 240 Å². The number of para-hydroxylation sites is 1. The second kappa shape index (κ2) is 14.2. The normalized spacial score (nSPS) is 20.7. The minimum absolute atomic E-state index is 0.0292. The Morgan fingerprint density at radius 1 is 0.976 bits per heavy atom. The van der Waals surface area contributed by atoms with Gasteiger partial charge >= 0.3 is 12.1 Å². The Balaban J connectivity index is 1.43. The summed E-state index contributed by atoms with van der Waals surface area (Å²) in [4.78, 5) is 0. The van der Waals surface area contributed by atoms with Gasteiger partial charge in [0.25, 0.3) is 0 Å². The van der Waals surface area contributed by atoms with E-state index < -0.39 is 47.3 Å². The number of benzene rings is 2. The van der Waals surface area contributed by atoms with Crippen LogP contribution in [-0.2, 0) is 16.2 Å². The molecule has 2 aromatic carbocycles. The maximum Gasteiger partial charge on any atom is 0.453 e. The summed E-state index contributed by atoms with van der Waals surface area (Å²) in [6.45, 7) is 2.37. The standard InChI is InChI=1S/C30H39F5O5S/c1-28(25-11-4-5-13-26(25)38)20-40-27-19-22(37)14-15-23(27)24(28)12-7-10-21(36)9-3-2-6-17-41(39)18-8-16-29(31,32)30(33,34)35/h4-5,11,13-15,19,21,24,36-38H,2-3,6-10,12,16-18,20H2,1H3. The molecule has 0 saturated heterocycles. The number of hydrogen-bond acceptors (Lipinski definition) is 5. The van der Waals surface area contributed by atoms with Gasteiger partial charge in [-0.25, -0.2) is 0 Å². The summed E-state index contributed by atoms with van der Waals surface area (Å²) in [5, 5.41) is 31.1. The quantitative estimate of drug-likeness (QED) is 0.146. The molecule has 1 heterocycles. The number of hydrogen-bond donors (Lipinski definition) is 3. The zero-order valence-corrected chi connectivity index (χ0v) is 24.0. The van der Waals surface area contributed by atoms with Crippen molar-refractivity contribution >= 4 is 10.8 Å². The summed E-state index contributed by atoms with van der Waals surface area (Å²) in [6, 6.07) is 12.2. The van der Waals surface area contributed by atoms with Crippen LogP contribution in [-0.4, -0.2) is 55.8 Å². The first-order valence-corrected chi connectivity index (χ1v) is 15.4. The Bertz CT molecular complexity index is 1160. The van der Waals surface area contributed by atoms with Crippen LogP contribution in [0.1, 0.15) is 81.8 Å². The molecule has 3 N–H and O–H groups in total. The van der Waals surface area contributed by atoms with Crippen molar-refractivity contribution < 1.29 is 46.2 Å². The van der Waals surface area contributed by atoms with E-state index in [1.807, 2.05) is 25.1 Å². The van der Waals surface area contributed by atoms with Crippen LogP contribution in [0.25, 0.3) is 0 Å². The lowest BCUT2D eigenvalue weighted by Gasteiger charge is -2.43. The van der Waals surface area contributed by atoms with E-state index in [2.05, 4.69) is 0 Å². The number of phenols is 2. The average molecular weight is 607 g/mol. The number of rotatable bonds is 15. The van der Waals surface area contributed by atoms with Crippen molar-refractivity contribution in [2.45, 2.75) is 94.2 Å². The molecule has 1 aliphatic heterocycles. The van der Waals surface area contributed by atoms with Gasteiger partial charge in [0, 0.05) is 51.7 Å². The van der Waals surface area contributed by atoms with E-state index in [4.69, 9.17) is 4.74 Å². The Morgan fingerprint density at radius 3 is 2.37 bits per heavy atom. The van der Waals surface area contributed by atoms with E-state index >= 15 is 0 Å². The molecule has 11 heteroatoms. The van der Waals surface area contributed by atoms with Crippen molar-refractivity contribution in [2.75, 3.05) is 18.1 Å². The van der Waals surface area contributed by atoms with Crippen LogP contribution in [0.5, 0.6) is 17.2 Å². The molecule has 3 rings (SSSR count). The highest BCUT2D eigenvalue weighted by Crippen LogP contribution is 2.51. The number of alkyl halides is 5. The van der Waals surface area contributed by atoms with Gasteiger partial charge in [-0.2, -0.15) is 22.0 Å². The number of aliphatic hydroxyl groups excluding tert-OH is 1. The maximum atomic E-state index is 12.9. The van der Waals surface area contributed by atoms with Crippen LogP contribution in [0.3, 0.4) is 0 Å². The summed E-state index contributed by atoms with van der Waals surface area (Å²) in [5.74, 6) is -3.85. The molecule has 0 aromatic heterocycles. The van der Waals surface area contributed by atoms with Gasteiger partial charge in [0.2, 0.25) is 0 Å². The van der Waals surface area contributed by atoms with Gasteiger partial charge < -0.3 is 20.1 Å². The van der Waals surface area contributed by atoms with E-state index in [0.717, 1.165) is 17.5 Å². The molecule has 0 fully saturated rings. The highest BCUT2D eigenvalue weighted by atomic mass is 32.2. The van der Waals surface area contributed by atoms with Crippen LogP contribution in [0.15, 0.2) is 42.5 Å². The first-order valence-electron chi connectivity index (χ1n) is 14.0. The summed E-state index contributed by atoms with van der Waals surface area (Å²) in [6.07, 6.45) is -3.53. The average Bonchev–Trinajstić information content (AvgIpc) is 2.89. The number of halogens is 5. The molecule has 0 radical (unpaired) electrons. The van der Waals surface area contributed by atoms with E-state index in [0.29, 0.717) is 50.9 Å². The zero-order valence-electron chi connectivity index (χ0n) is 23.1. The van der Waals surface area contributed by atoms with Crippen molar-refractivity contribution in [1.82, 2.24) is 0 Å². The predicted octanol–water partition coefficient (Wildman–Crippen LogP) is 7.35. The fourth-order valence-corrected chi connectivity index (χ4v) is 6.72. The van der Waals surface area contributed by atoms with Gasteiger partial charge in [0.15, 0.2) is 0 Å². The minimum atomic E-state index is -5.58. The molecule has 0 aliphatic carbocycles. The number of fused-ring (bicyclic) bond motifs is 1. The second-order valence-corrected chi connectivity index (χ2v) is 12.8. The molecule has 230 valence electrons. The molecule has 2 aromatic rings. The molecule has 41 heavy (non-hydrogen) atoms. The number of unbranched alkanes of at least 4 members (excludes halogenated alkanes) is 2. The molecule has 0 spiro atoms. The van der Waals surface area contributed by atoms with E-state index in [9.17, 15) is 41.5 Å². The van der Waals surface area contributed by atoms with Crippen molar-refractivity contribution in [3.8, 4) is 17.2 Å². The van der Waals surface area contributed by atoms with Crippen LogP contribution < -0.4 is 4.74 Å². The van der Waals surface area contributed by atoms with Gasteiger partial charge in [0.05, 0.1) is 12.7 Å². The predicted molar refractivity (Wildman–Crippen MR) is 148 cm³/mol. The summed E-state index contributed by atoms with van der Waals surface area (Å²) >= 11 is 0. The number of aromatic hydroxyl groups is 2. The van der Waals surface area contributed by atoms with E-state index in [1.165, 1.54) is 0 Å². The van der Waals surface area contributed by atoms with Crippen molar-refractivity contribution in [2.24, 2.45) is 0 Å². The molecule has 0 bridgehead atoms. The third-order valence-corrected chi connectivity index (χ3v) is 9.39. The lowest BCUT2D eigenvalue weighted by molar-refractivity contribution is -0.284. The van der Waals surface area contributed by atoms with Crippen LogP contribution in [0, 0.1) is 0 Å². The van der Waals surface area contributed by atoms with E-state index in [1.54, 1.807) is 24.3 Å². The van der Waals surface area contributed by atoms with Crippen molar-refractivity contribution in [1.29, 1.82) is 0 Å². The van der Waals surface area contributed by atoms with Crippen LogP contribution >= 0.6 is 0 Å². The first-order chi connectivity index (χ1) is 19.2. The highest BCUT2D eigenvalue weighted by molar-refractivity contribution is 7.84. The summed E-state index contributed by atoms with van der Waals surface area (Å²) in [7, 11) is -1.46. The third kappa shape index (κ3) is 8.80. The topological polar surface area (TPSA) is 87.0 Å². The van der Waals surface area contributed by atoms with Gasteiger partial charge in [-0.3, -0.25) is 4.21 Å². The highest BCUT2D eigenvalue weighted by Gasteiger charge is 2.56. The van der Waals surface area contributed by atoms with Crippen LogP contribution in [0.4, 0.5) is 22.0 Å². The monoisotopic (exact) mass is 606 g/mol. The summed E-state index contributed by atoms with van der Waals surface area (Å²) < 4.78 is 80.5. The molecular weight excluding hydrogens is 567 g/mol. The van der Waals surface area contributed by atoms with Gasteiger partial charge in [-0.15, -0.1) is 0 Å². The molecule has 4 atom stereocenters. The second-order valence-electron chi connectivity index (χ2n) is 11.1. The molecule has 0 amide bonds. The Hall–Kier alpha value is -2.40. The van der Waals surface area contributed by atoms with Crippen molar-refractivity contribution in [3.05, 3.63) is 53.6 Å². The van der Waals surface area contributed by atoms with Crippen LogP contribution in [0.2, 0.25) is 0 Å². The van der Waals surface area contributed by atoms with Crippen molar-refractivity contribution in [3.63, 3.8) is 0 Å². The molecule has 4 unspecified atom stereocenters. The number of ether oxygens (including phenoxy) is 1. The molecule has 0 saturated carbocycles. The third-order valence-electron chi connectivity index (χ3n) is 7.91. The lowest BCUT2D eigenvalue weighted by Crippen LogP contribution is -2.40. The zero-order chi connectivity index (χ0) is 30.3.